The summed E-state index contributed by atoms with van der Waals surface area (Å²) in [5.41, 5.74) is 8.58. The molecule has 1 heterocycles. The minimum absolute atomic E-state index is 0. The molecule has 0 unspecified atom stereocenters. The predicted molar refractivity (Wildman–Crippen MR) is 53.8 cm³/mol. The quantitative estimate of drug-likeness (QED) is 0.597. The number of benzene rings is 1. The standard InChI is InChI=1S/C11H14N2.BrH/c1-8(2)13-7-9-5-3-4-6-10(9)11(13)12;/h3-6,8,12H,7H2,1-2H3;1H. The van der Waals surface area contributed by atoms with Crippen molar-refractivity contribution in [2.24, 2.45) is 5.73 Å². The minimum atomic E-state index is 0. The first kappa shape index (κ1) is 11.2. The number of nitrogens with zero attached hydrogens (tertiary/aromatic N) is 1. The van der Waals surface area contributed by atoms with Crippen LogP contribution in [-0.4, -0.2) is 16.5 Å². The Morgan fingerprint density at radius 1 is 1.29 bits per heavy atom. The number of hydrogen-bond acceptors (Lipinski definition) is 1. The first-order chi connectivity index (χ1) is 6.20. The Labute approximate surface area is 95.2 Å². The third-order valence-corrected chi connectivity index (χ3v) is 2.57. The Morgan fingerprint density at radius 3 is 2.50 bits per heavy atom. The van der Waals surface area contributed by atoms with Crippen molar-refractivity contribution < 1.29 is 21.6 Å². The number of rotatable bonds is 1. The lowest BCUT2D eigenvalue weighted by molar-refractivity contribution is -0.570. The summed E-state index contributed by atoms with van der Waals surface area (Å²) in [6.45, 7) is 5.29. The van der Waals surface area contributed by atoms with E-state index in [4.69, 9.17) is 5.73 Å². The Kier molecular flexibility index (Phi) is 3.32. The van der Waals surface area contributed by atoms with Crippen molar-refractivity contribution in [1.29, 1.82) is 0 Å². The van der Waals surface area contributed by atoms with Crippen LogP contribution in [0.1, 0.15) is 25.0 Å². The highest BCUT2D eigenvalue weighted by atomic mass is 79.9. The molecule has 0 aliphatic carbocycles. The highest BCUT2D eigenvalue weighted by Crippen LogP contribution is 2.17. The Morgan fingerprint density at radius 2 is 1.93 bits per heavy atom. The van der Waals surface area contributed by atoms with Crippen LogP contribution in [0.3, 0.4) is 0 Å². The van der Waals surface area contributed by atoms with Crippen molar-refractivity contribution >= 4 is 5.84 Å². The van der Waals surface area contributed by atoms with Gasteiger partial charge in [0, 0.05) is 5.56 Å². The average molecular weight is 255 g/mol. The van der Waals surface area contributed by atoms with Crippen molar-refractivity contribution in [3.05, 3.63) is 35.4 Å². The molecule has 2 nitrogen and oxygen atoms in total. The topological polar surface area (TPSA) is 29.0 Å². The number of halogens is 1. The molecule has 0 fully saturated rings. The zero-order valence-corrected chi connectivity index (χ0v) is 10.1. The van der Waals surface area contributed by atoms with Gasteiger partial charge >= 0.3 is 0 Å². The highest BCUT2D eigenvalue weighted by molar-refractivity contribution is 5.96. The third kappa shape index (κ3) is 1.69. The summed E-state index contributed by atoms with van der Waals surface area (Å²) in [6.07, 6.45) is 0. The molecule has 1 aromatic carbocycles. The average Bonchev–Trinajstić information content (AvgIpc) is 2.45. The second kappa shape index (κ2) is 4.13. The smallest absolute Gasteiger partial charge is 0.275 e. The van der Waals surface area contributed by atoms with E-state index in [0.717, 1.165) is 12.4 Å². The van der Waals surface area contributed by atoms with Gasteiger partial charge in [-0.2, -0.15) is 0 Å². The van der Waals surface area contributed by atoms with E-state index in [2.05, 4.69) is 36.6 Å². The molecular weight excluding hydrogens is 240 g/mol. The lowest BCUT2D eigenvalue weighted by Crippen LogP contribution is -3.00. The highest BCUT2D eigenvalue weighted by Gasteiger charge is 2.25. The maximum Gasteiger partial charge on any atom is 0.275 e. The van der Waals surface area contributed by atoms with Gasteiger partial charge in [-0.25, -0.2) is 0 Å². The van der Waals surface area contributed by atoms with Gasteiger partial charge in [0.2, 0.25) is 0 Å². The Bertz CT molecular complexity index is 369. The Hall–Kier alpha value is -0.830. The van der Waals surface area contributed by atoms with E-state index in [1.807, 2.05) is 6.07 Å². The van der Waals surface area contributed by atoms with Crippen molar-refractivity contribution in [2.45, 2.75) is 26.4 Å². The van der Waals surface area contributed by atoms with Crippen molar-refractivity contribution in [3.8, 4) is 0 Å². The van der Waals surface area contributed by atoms with Crippen molar-refractivity contribution in [1.82, 2.24) is 0 Å². The van der Waals surface area contributed by atoms with E-state index >= 15 is 0 Å². The van der Waals surface area contributed by atoms with Crippen LogP contribution in [0.2, 0.25) is 0 Å². The summed E-state index contributed by atoms with van der Waals surface area (Å²) in [7, 11) is 0. The molecule has 1 aromatic rings. The van der Waals surface area contributed by atoms with Gasteiger partial charge in [-0.15, -0.1) is 0 Å². The molecule has 2 N–H and O–H groups in total. The Balaban J connectivity index is 0.000000980. The van der Waals surface area contributed by atoms with Gasteiger partial charge in [-0.1, -0.05) is 18.2 Å². The molecule has 0 saturated heterocycles. The second-order valence-corrected chi connectivity index (χ2v) is 3.76. The van der Waals surface area contributed by atoms with Crippen LogP contribution >= 0.6 is 0 Å². The zero-order chi connectivity index (χ0) is 9.42. The number of amidine groups is 1. The van der Waals surface area contributed by atoms with E-state index in [1.165, 1.54) is 11.1 Å². The van der Waals surface area contributed by atoms with Crippen molar-refractivity contribution in [2.75, 3.05) is 0 Å². The summed E-state index contributed by atoms with van der Waals surface area (Å²) in [4.78, 5) is 0. The molecule has 0 bridgehead atoms. The van der Waals surface area contributed by atoms with E-state index in [-0.39, 0.29) is 17.0 Å². The summed E-state index contributed by atoms with van der Waals surface area (Å²) in [5, 5.41) is 0. The predicted octanol–water partition coefficient (Wildman–Crippen LogP) is -1.67. The van der Waals surface area contributed by atoms with Crippen LogP contribution in [-0.2, 0) is 6.54 Å². The molecule has 0 aromatic heterocycles. The fourth-order valence-electron chi connectivity index (χ4n) is 1.79. The molecule has 14 heavy (non-hydrogen) atoms. The first-order valence-electron chi connectivity index (χ1n) is 4.67. The molecule has 2 rings (SSSR count). The van der Waals surface area contributed by atoms with Crippen LogP contribution in [0, 0.1) is 0 Å². The zero-order valence-electron chi connectivity index (χ0n) is 8.50. The van der Waals surface area contributed by atoms with E-state index in [9.17, 15) is 0 Å². The normalized spacial score (nSPS) is 14.2. The monoisotopic (exact) mass is 254 g/mol. The SMILES string of the molecule is CC(C)[N+]1=C(N)c2ccccc2C1.[Br-]. The van der Waals surface area contributed by atoms with Gasteiger partial charge in [0.1, 0.15) is 6.54 Å². The van der Waals surface area contributed by atoms with Crippen molar-refractivity contribution in [3.63, 3.8) is 0 Å². The van der Waals surface area contributed by atoms with Crippen LogP contribution in [0.25, 0.3) is 0 Å². The molecule has 0 radical (unpaired) electrons. The molecule has 0 saturated carbocycles. The summed E-state index contributed by atoms with van der Waals surface area (Å²) < 4.78 is 2.23. The van der Waals surface area contributed by atoms with E-state index in [0.29, 0.717) is 6.04 Å². The number of nitrogens with two attached hydrogens (primary N) is 1. The van der Waals surface area contributed by atoms with Gasteiger partial charge in [0.05, 0.1) is 11.6 Å². The minimum Gasteiger partial charge on any atom is -1.00 e. The molecule has 76 valence electrons. The number of fused-ring (bicyclic) bond motifs is 1. The molecule has 1 aliphatic heterocycles. The molecule has 0 atom stereocenters. The summed E-state index contributed by atoms with van der Waals surface area (Å²) in [5.74, 6) is 0.922. The summed E-state index contributed by atoms with van der Waals surface area (Å²) >= 11 is 0. The largest absolute Gasteiger partial charge is 1.00 e. The molecular formula is C11H15BrN2. The fraction of sp³-hybridized carbons (Fsp3) is 0.364. The maximum absolute atomic E-state index is 6.03. The van der Waals surface area contributed by atoms with Gasteiger partial charge in [0.15, 0.2) is 0 Å². The van der Waals surface area contributed by atoms with Gasteiger partial charge in [-0.05, 0) is 19.9 Å². The molecule has 1 aliphatic rings. The van der Waals surface area contributed by atoms with Crippen LogP contribution in [0.4, 0.5) is 0 Å². The van der Waals surface area contributed by atoms with E-state index < -0.39 is 0 Å². The molecule has 0 amide bonds. The third-order valence-electron chi connectivity index (χ3n) is 2.57. The lowest BCUT2D eigenvalue weighted by Gasteiger charge is -2.05. The lowest BCUT2D eigenvalue weighted by atomic mass is 10.1. The second-order valence-electron chi connectivity index (χ2n) is 3.76. The van der Waals surface area contributed by atoms with Crippen LogP contribution in [0.5, 0.6) is 0 Å². The van der Waals surface area contributed by atoms with Crippen LogP contribution in [0.15, 0.2) is 24.3 Å². The molecule has 3 heteroatoms. The fourth-order valence-corrected chi connectivity index (χ4v) is 1.79. The maximum atomic E-state index is 6.03. The first-order valence-corrected chi connectivity index (χ1v) is 4.67. The van der Waals surface area contributed by atoms with E-state index in [1.54, 1.807) is 0 Å². The van der Waals surface area contributed by atoms with Gasteiger partial charge in [0.25, 0.3) is 5.84 Å². The van der Waals surface area contributed by atoms with Gasteiger partial charge < -0.3 is 17.0 Å². The number of hydrogen-bond donors (Lipinski definition) is 1. The van der Waals surface area contributed by atoms with Gasteiger partial charge in [-0.3, -0.25) is 10.3 Å². The van der Waals surface area contributed by atoms with Crippen LogP contribution < -0.4 is 22.7 Å². The molecule has 0 spiro atoms. The summed E-state index contributed by atoms with van der Waals surface area (Å²) in [6, 6.07) is 8.82.